The van der Waals surface area contributed by atoms with Crippen molar-refractivity contribution < 1.29 is 13.0 Å². The van der Waals surface area contributed by atoms with Crippen LogP contribution in [0.3, 0.4) is 0 Å². The van der Waals surface area contributed by atoms with Crippen LogP contribution in [-0.2, 0) is 10.1 Å². The zero-order valence-electron chi connectivity index (χ0n) is 5.43. The van der Waals surface area contributed by atoms with E-state index >= 15 is 0 Å². The molecule has 0 amide bonds. The normalized spacial score (nSPS) is 11.5. The summed E-state index contributed by atoms with van der Waals surface area (Å²) in [4.78, 5) is -0.0556. The Morgan fingerprint density at radius 2 is 1.82 bits per heavy atom. The van der Waals surface area contributed by atoms with Gasteiger partial charge in [0, 0.05) is 0 Å². The molecule has 0 aromatic heterocycles. The molecular formula is C6H5AsO3S. The summed E-state index contributed by atoms with van der Waals surface area (Å²) in [7, 11) is -4.05. The van der Waals surface area contributed by atoms with E-state index in [0.29, 0.717) is 4.35 Å². The minimum atomic E-state index is -4.05. The van der Waals surface area contributed by atoms with Crippen LogP contribution in [0.15, 0.2) is 29.2 Å². The van der Waals surface area contributed by atoms with Crippen molar-refractivity contribution in [1.82, 2.24) is 0 Å². The van der Waals surface area contributed by atoms with E-state index in [2.05, 4.69) is 16.9 Å². The van der Waals surface area contributed by atoms with Crippen LogP contribution in [0, 0.1) is 0 Å². The number of hydrogen-bond donors (Lipinski definition) is 1. The van der Waals surface area contributed by atoms with E-state index in [0.717, 1.165) is 0 Å². The molecule has 0 saturated heterocycles. The van der Waals surface area contributed by atoms with E-state index in [-0.39, 0.29) is 4.90 Å². The van der Waals surface area contributed by atoms with Gasteiger partial charge in [-0.15, -0.1) is 0 Å². The fourth-order valence-corrected chi connectivity index (χ4v) is 2.32. The molecule has 1 rings (SSSR count). The Bertz CT molecular complexity index is 358. The fourth-order valence-electron chi connectivity index (χ4n) is 0.675. The number of hydrogen-bond acceptors (Lipinski definition) is 2. The van der Waals surface area contributed by atoms with E-state index in [1.165, 1.54) is 6.07 Å². The molecule has 1 aromatic rings. The van der Waals surface area contributed by atoms with Gasteiger partial charge in [-0.3, -0.25) is 0 Å². The molecule has 0 heterocycles. The molecule has 0 bridgehead atoms. The average molecular weight is 232 g/mol. The molecule has 3 nitrogen and oxygen atoms in total. The van der Waals surface area contributed by atoms with Gasteiger partial charge >= 0.3 is 73.5 Å². The third-order valence-electron chi connectivity index (χ3n) is 1.14. The van der Waals surface area contributed by atoms with Gasteiger partial charge in [0.25, 0.3) is 0 Å². The molecule has 0 aliphatic heterocycles. The first kappa shape index (κ1) is 8.78. The zero-order valence-corrected chi connectivity index (χ0v) is 8.12. The Kier molecular flexibility index (Phi) is 2.37. The molecule has 11 heavy (non-hydrogen) atoms. The van der Waals surface area contributed by atoms with Crippen molar-refractivity contribution in [3.05, 3.63) is 24.3 Å². The maximum atomic E-state index is 10.6. The predicted molar refractivity (Wildman–Crippen MR) is 41.6 cm³/mol. The first-order valence-electron chi connectivity index (χ1n) is 2.77. The van der Waals surface area contributed by atoms with Gasteiger partial charge in [0.05, 0.1) is 0 Å². The molecule has 5 heteroatoms. The predicted octanol–water partition coefficient (Wildman–Crippen LogP) is -0.273. The topological polar surface area (TPSA) is 54.4 Å². The monoisotopic (exact) mass is 232 g/mol. The van der Waals surface area contributed by atoms with Crippen molar-refractivity contribution in [1.29, 1.82) is 0 Å². The molecule has 0 unspecified atom stereocenters. The molecule has 0 fully saturated rings. The van der Waals surface area contributed by atoms with Crippen molar-refractivity contribution in [3.63, 3.8) is 0 Å². The Morgan fingerprint density at radius 1 is 1.27 bits per heavy atom. The van der Waals surface area contributed by atoms with Gasteiger partial charge in [-0.25, -0.2) is 0 Å². The molecule has 0 aliphatic carbocycles. The van der Waals surface area contributed by atoms with Gasteiger partial charge in [0.2, 0.25) is 0 Å². The SMILES string of the molecule is O=S(=O)(O)c1ccccc1[As]. The van der Waals surface area contributed by atoms with Crippen LogP contribution < -0.4 is 4.35 Å². The van der Waals surface area contributed by atoms with Crippen molar-refractivity contribution in [2.45, 2.75) is 4.90 Å². The number of benzene rings is 1. The number of rotatable bonds is 1. The average Bonchev–Trinajstić information content (AvgIpc) is 1.86. The summed E-state index contributed by atoms with van der Waals surface area (Å²) in [5, 5.41) is 0. The third-order valence-corrected chi connectivity index (χ3v) is 3.20. The quantitative estimate of drug-likeness (QED) is 0.535. The van der Waals surface area contributed by atoms with Crippen LogP contribution in [0.25, 0.3) is 0 Å². The Morgan fingerprint density at radius 3 is 2.18 bits per heavy atom. The minimum absolute atomic E-state index is 0.0556. The summed E-state index contributed by atoms with van der Waals surface area (Å²) in [5.74, 6) is 0. The summed E-state index contributed by atoms with van der Waals surface area (Å²) >= 11 is 2.08. The summed E-state index contributed by atoms with van der Waals surface area (Å²) in [6, 6.07) is 6.20. The van der Waals surface area contributed by atoms with Gasteiger partial charge in [0.15, 0.2) is 0 Å². The molecule has 0 spiro atoms. The standard InChI is InChI=1S/C6H5AsO3S/c7-5-3-1-2-4-6(5)11(8,9)10/h1-4H,(H,8,9,10). The van der Waals surface area contributed by atoms with Gasteiger partial charge in [-0.05, 0) is 0 Å². The van der Waals surface area contributed by atoms with E-state index in [1.54, 1.807) is 18.2 Å². The van der Waals surface area contributed by atoms with Gasteiger partial charge < -0.3 is 0 Å². The molecule has 2 radical (unpaired) electrons. The zero-order chi connectivity index (χ0) is 8.48. The molecular weight excluding hydrogens is 227 g/mol. The van der Waals surface area contributed by atoms with Gasteiger partial charge in [0.1, 0.15) is 0 Å². The van der Waals surface area contributed by atoms with E-state index in [4.69, 9.17) is 4.55 Å². The summed E-state index contributed by atoms with van der Waals surface area (Å²) in [5.41, 5.74) is 0. The summed E-state index contributed by atoms with van der Waals surface area (Å²) in [6.45, 7) is 0. The van der Waals surface area contributed by atoms with Crippen LogP contribution in [-0.4, -0.2) is 29.8 Å². The molecule has 1 aromatic carbocycles. The second kappa shape index (κ2) is 2.97. The van der Waals surface area contributed by atoms with Crippen molar-refractivity contribution in [2.75, 3.05) is 0 Å². The van der Waals surface area contributed by atoms with Crippen LogP contribution in [0.1, 0.15) is 0 Å². The molecule has 0 atom stereocenters. The first-order valence-corrected chi connectivity index (χ1v) is 5.15. The maximum absolute atomic E-state index is 10.6. The summed E-state index contributed by atoms with van der Waals surface area (Å²) in [6.07, 6.45) is 0. The Hall–Kier alpha value is -0.312. The van der Waals surface area contributed by atoms with E-state index < -0.39 is 10.1 Å². The molecule has 58 valence electrons. The second-order valence-electron chi connectivity index (χ2n) is 1.94. The van der Waals surface area contributed by atoms with Crippen LogP contribution >= 0.6 is 0 Å². The van der Waals surface area contributed by atoms with Gasteiger partial charge in [-0.2, -0.15) is 0 Å². The fraction of sp³-hybridized carbons (Fsp3) is 0. The van der Waals surface area contributed by atoms with Crippen molar-refractivity contribution >= 4 is 31.3 Å². The second-order valence-corrected chi connectivity index (χ2v) is 4.34. The van der Waals surface area contributed by atoms with Crippen molar-refractivity contribution in [3.8, 4) is 0 Å². The Balaban J connectivity index is 3.37. The van der Waals surface area contributed by atoms with Crippen molar-refractivity contribution in [2.24, 2.45) is 0 Å². The summed E-state index contributed by atoms with van der Waals surface area (Å²) < 4.78 is 30.3. The molecule has 0 saturated carbocycles. The third kappa shape index (κ3) is 2.06. The van der Waals surface area contributed by atoms with Gasteiger partial charge in [-0.1, -0.05) is 0 Å². The van der Waals surface area contributed by atoms with Crippen LogP contribution in [0.2, 0.25) is 0 Å². The van der Waals surface area contributed by atoms with E-state index in [9.17, 15) is 8.42 Å². The molecule has 1 N–H and O–H groups in total. The first-order chi connectivity index (χ1) is 5.02. The Labute approximate surface area is 73.7 Å². The van der Waals surface area contributed by atoms with E-state index in [1.807, 2.05) is 0 Å². The van der Waals surface area contributed by atoms with Crippen LogP contribution in [0.4, 0.5) is 0 Å². The van der Waals surface area contributed by atoms with Crippen LogP contribution in [0.5, 0.6) is 0 Å². The molecule has 0 aliphatic rings.